The first-order chi connectivity index (χ1) is 17.8. The predicted octanol–water partition coefficient (Wildman–Crippen LogP) is 7.73. The molecule has 2 aromatic carbocycles. The van der Waals surface area contributed by atoms with E-state index in [2.05, 4.69) is 94.1 Å². The summed E-state index contributed by atoms with van der Waals surface area (Å²) in [7, 11) is 0. The van der Waals surface area contributed by atoms with Crippen LogP contribution in [0.4, 0.5) is 0 Å². The van der Waals surface area contributed by atoms with E-state index in [4.69, 9.17) is 9.47 Å². The van der Waals surface area contributed by atoms with E-state index < -0.39 is 0 Å². The fraction of sp³-hybridized carbons (Fsp3) is 0.375. The molecule has 0 N–H and O–H groups in total. The highest BCUT2D eigenvalue weighted by Crippen LogP contribution is 2.39. The Bertz CT molecular complexity index is 1220. The van der Waals surface area contributed by atoms with Gasteiger partial charge in [-0.2, -0.15) is 0 Å². The highest BCUT2D eigenvalue weighted by Gasteiger charge is 2.27. The smallest absolute Gasteiger partial charge is 0.157 e. The van der Waals surface area contributed by atoms with E-state index in [1.54, 1.807) is 0 Å². The van der Waals surface area contributed by atoms with E-state index in [9.17, 15) is 0 Å². The monoisotopic (exact) mass is 482 g/mol. The molecule has 4 heteroatoms. The van der Waals surface area contributed by atoms with E-state index in [1.807, 2.05) is 13.8 Å². The summed E-state index contributed by atoms with van der Waals surface area (Å²) in [5, 5.41) is 0. The lowest BCUT2D eigenvalue weighted by Crippen LogP contribution is -2.21. The van der Waals surface area contributed by atoms with Gasteiger partial charge in [0.2, 0.25) is 0 Å². The minimum absolute atomic E-state index is 0.125. The van der Waals surface area contributed by atoms with E-state index in [-0.39, 0.29) is 6.29 Å². The van der Waals surface area contributed by atoms with Crippen LogP contribution in [-0.4, -0.2) is 28.6 Å². The van der Waals surface area contributed by atoms with Crippen LogP contribution in [-0.2, 0) is 22.6 Å². The average molecular weight is 483 g/mol. The number of benzene rings is 2. The van der Waals surface area contributed by atoms with Crippen molar-refractivity contribution < 1.29 is 9.47 Å². The van der Waals surface area contributed by atoms with Crippen LogP contribution in [0.5, 0.6) is 0 Å². The second-order valence-corrected chi connectivity index (χ2v) is 9.50. The summed E-state index contributed by atoms with van der Waals surface area (Å²) in [5.41, 5.74) is 8.03. The van der Waals surface area contributed by atoms with Gasteiger partial charge in [-0.05, 0) is 68.5 Å². The molecule has 0 saturated heterocycles. The molecule has 0 spiro atoms. The topological polar surface area (TPSA) is 28.3 Å². The fourth-order valence-electron chi connectivity index (χ4n) is 5.70. The molecule has 0 saturated carbocycles. The summed E-state index contributed by atoms with van der Waals surface area (Å²) >= 11 is 0. The lowest BCUT2D eigenvalue weighted by molar-refractivity contribution is -0.140. The van der Waals surface area contributed by atoms with Crippen molar-refractivity contribution in [3.8, 4) is 22.5 Å². The fourth-order valence-corrected chi connectivity index (χ4v) is 5.70. The van der Waals surface area contributed by atoms with E-state index in [0.29, 0.717) is 19.1 Å². The van der Waals surface area contributed by atoms with Gasteiger partial charge in [0.1, 0.15) is 0 Å². The summed E-state index contributed by atoms with van der Waals surface area (Å²) in [4.78, 5) is 0. The molecule has 3 heterocycles. The maximum atomic E-state index is 5.82. The van der Waals surface area contributed by atoms with Crippen LogP contribution in [0.1, 0.15) is 56.8 Å². The third-order valence-corrected chi connectivity index (χ3v) is 7.28. The van der Waals surface area contributed by atoms with Gasteiger partial charge in [-0.15, -0.1) is 0 Å². The normalized spacial score (nSPS) is 15.4. The first-order valence-electron chi connectivity index (χ1n) is 13.5. The first-order valence-corrected chi connectivity index (χ1v) is 13.5. The standard InChI is InChI=1S/C32H38N2O2/c1-3-35-32(36-4-2)18-12-24-34-29(26-15-9-6-10-16-26)20-22-31(34)27-17-11-23-33-28(19-21-30(27)33)25-13-7-5-8-14-25/h5-10,13-16,19-22,27,32H,3-4,11-12,17-18,23-24H2,1-2H3. The Labute approximate surface area is 215 Å². The molecule has 0 amide bonds. The Kier molecular flexibility index (Phi) is 8.04. The van der Waals surface area contributed by atoms with E-state index in [1.165, 1.54) is 46.7 Å². The summed E-state index contributed by atoms with van der Waals surface area (Å²) in [5.74, 6) is 0.392. The molecule has 1 atom stereocenters. The Hall–Kier alpha value is -3.08. The van der Waals surface area contributed by atoms with Crippen LogP contribution >= 0.6 is 0 Å². The zero-order chi connectivity index (χ0) is 24.7. The molecule has 1 aliphatic heterocycles. The Morgan fingerprint density at radius 3 is 2.03 bits per heavy atom. The van der Waals surface area contributed by atoms with Crippen molar-refractivity contribution in [2.24, 2.45) is 0 Å². The number of rotatable bonds is 11. The van der Waals surface area contributed by atoms with Crippen LogP contribution in [0.15, 0.2) is 84.9 Å². The molecule has 2 aromatic heterocycles. The summed E-state index contributed by atoms with van der Waals surface area (Å²) in [6, 6.07) is 30.9. The van der Waals surface area contributed by atoms with Gasteiger partial charge in [-0.25, -0.2) is 0 Å². The maximum Gasteiger partial charge on any atom is 0.157 e. The van der Waals surface area contributed by atoms with Gasteiger partial charge in [-0.1, -0.05) is 60.7 Å². The molecule has 5 rings (SSSR count). The second-order valence-electron chi connectivity index (χ2n) is 9.50. The predicted molar refractivity (Wildman–Crippen MR) is 147 cm³/mol. The largest absolute Gasteiger partial charge is 0.353 e. The van der Waals surface area contributed by atoms with Gasteiger partial charge < -0.3 is 18.6 Å². The van der Waals surface area contributed by atoms with Crippen molar-refractivity contribution in [2.45, 2.75) is 64.8 Å². The van der Waals surface area contributed by atoms with Crippen LogP contribution < -0.4 is 0 Å². The van der Waals surface area contributed by atoms with Crippen molar-refractivity contribution in [3.05, 3.63) is 96.3 Å². The molecule has 4 nitrogen and oxygen atoms in total. The van der Waals surface area contributed by atoms with Crippen LogP contribution in [0.2, 0.25) is 0 Å². The van der Waals surface area contributed by atoms with Crippen LogP contribution in [0.25, 0.3) is 22.5 Å². The molecular formula is C32H38N2O2. The van der Waals surface area contributed by atoms with E-state index in [0.717, 1.165) is 25.9 Å². The van der Waals surface area contributed by atoms with Gasteiger partial charge >= 0.3 is 0 Å². The van der Waals surface area contributed by atoms with Crippen LogP contribution in [0.3, 0.4) is 0 Å². The molecule has 0 radical (unpaired) electrons. The lowest BCUT2D eigenvalue weighted by Gasteiger charge is -2.28. The van der Waals surface area contributed by atoms with Crippen molar-refractivity contribution in [2.75, 3.05) is 13.2 Å². The third-order valence-electron chi connectivity index (χ3n) is 7.28. The van der Waals surface area contributed by atoms with Crippen molar-refractivity contribution in [3.63, 3.8) is 0 Å². The molecule has 36 heavy (non-hydrogen) atoms. The molecule has 0 fully saturated rings. The third kappa shape index (κ3) is 5.21. The molecule has 1 aliphatic rings. The Morgan fingerprint density at radius 1 is 0.750 bits per heavy atom. The van der Waals surface area contributed by atoms with Crippen molar-refractivity contribution >= 4 is 0 Å². The molecular weight excluding hydrogens is 444 g/mol. The number of aromatic nitrogens is 2. The lowest BCUT2D eigenvalue weighted by atomic mass is 9.92. The van der Waals surface area contributed by atoms with Gasteiger partial charge in [-0.3, -0.25) is 0 Å². The number of fused-ring (bicyclic) bond motifs is 1. The number of nitrogens with zero attached hydrogens (tertiary/aromatic N) is 2. The first kappa shape index (κ1) is 24.6. The summed E-state index contributed by atoms with van der Waals surface area (Å²) in [6.45, 7) is 7.46. The van der Waals surface area contributed by atoms with Crippen molar-refractivity contribution in [1.82, 2.24) is 9.13 Å². The minimum atomic E-state index is -0.125. The van der Waals surface area contributed by atoms with Gasteiger partial charge in [0.25, 0.3) is 0 Å². The Balaban J connectivity index is 1.47. The molecule has 0 aliphatic carbocycles. The summed E-state index contributed by atoms with van der Waals surface area (Å²) < 4.78 is 16.7. The zero-order valence-electron chi connectivity index (χ0n) is 21.6. The van der Waals surface area contributed by atoms with Gasteiger partial charge in [0.15, 0.2) is 6.29 Å². The molecule has 1 unspecified atom stereocenters. The average Bonchev–Trinajstić information content (AvgIpc) is 3.55. The van der Waals surface area contributed by atoms with E-state index >= 15 is 0 Å². The summed E-state index contributed by atoms with van der Waals surface area (Å²) in [6.07, 6.45) is 4.15. The number of hydrogen-bond donors (Lipinski definition) is 0. The minimum Gasteiger partial charge on any atom is -0.353 e. The Morgan fingerprint density at radius 2 is 1.36 bits per heavy atom. The van der Waals surface area contributed by atoms with Gasteiger partial charge in [0.05, 0.1) is 0 Å². The van der Waals surface area contributed by atoms with Gasteiger partial charge in [0, 0.05) is 61.4 Å². The number of hydrogen-bond acceptors (Lipinski definition) is 2. The number of ether oxygens (including phenoxy) is 2. The van der Waals surface area contributed by atoms with Crippen molar-refractivity contribution in [1.29, 1.82) is 0 Å². The highest BCUT2D eigenvalue weighted by atomic mass is 16.7. The van der Waals surface area contributed by atoms with Crippen LogP contribution in [0, 0.1) is 0 Å². The second kappa shape index (κ2) is 11.8. The molecule has 0 bridgehead atoms. The molecule has 188 valence electrons. The maximum absolute atomic E-state index is 5.82. The SMILES string of the molecule is CCOC(CCCn1c(-c2ccccc2)ccc1C1CCCn2c(-c3ccccc3)ccc21)OCC. The zero-order valence-corrected chi connectivity index (χ0v) is 21.6. The quantitative estimate of drug-likeness (QED) is 0.205. The highest BCUT2D eigenvalue weighted by molar-refractivity contribution is 5.63. The molecule has 4 aromatic rings.